The Morgan fingerprint density at radius 2 is 1.88 bits per heavy atom. The fourth-order valence-corrected chi connectivity index (χ4v) is 3.14. The summed E-state index contributed by atoms with van der Waals surface area (Å²) >= 11 is 0. The van der Waals surface area contributed by atoms with Crippen molar-refractivity contribution in [2.24, 2.45) is 11.7 Å². The Labute approximate surface area is 163 Å². The van der Waals surface area contributed by atoms with Crippen LogP contribution in [0.5, 0.6) is 0 Å². The first-order chi connectivity index (χ1) is 11.0. The summed E-state index contributed by atoms with van der Waals surface area (Å²) in [5, 5.41) is 3.05. The van der Waals surface area contributed by atoms with Crippen molar-refractivity contribution in [1.29, 1.82) is 0 Å². The number of anilines is 1. The summed E-state index contributed by atoms with van der Waals surface area (Å²) in [4.78, 5) is 14.3. The lowest BCUT2D eigenvalue weighted by atomic mass is 9.83. The number of nitrogens with two attached hydrogens (primary N) is 1. The first-order valence-corrected chi connectivity index (χ1v) is 8.33. The molecule has 0 spiro atoms. The summed E-state index contributed by atoms with van der Waals surface area (Å²) in [6.45, 7) is 0.666. The summed E-state index contributed by atoms with van der Waals surface area (Å²) in [6.07, 6.45) is 3.37. The van der Waals surface area contributed by atoms with Crippen molar-refractivity contribution in [2.45, 2.75) is 37.8 Å². The Hall–Kier alpha value is -1.01. The molecule has 1 saturated carbocycles. The average Bonchev–Trinajstić information content (AvgIpc) is 2.55. The molecule has 7 heteroatoms. The first-order valence-electron chi connectivity index (χ1n) is 8.33. The molecule has 144 valence electrons. The Morgan fingerprint density at radius 3 is 2.40 bits per heavy atom. The predicted octanol–water partition coefficient (Wildman–Crippen LogP) is 2.40. The van der Waals surface area contributed by atoms with Gasteiger partial charge >= 0.3 is 0 Å². The number of rotatable bonds is 6. The first kappa shape index (κ1) is 24.0. The second kappa shape index (κ2) is 11.6. The minimum atomic E-state index is -0.0388. The van der Waals surface area contributed by atoms with E-state index >= 15 is 0 Å². The number of nitrogens with one attached hydrogen (secondary N) is 1. The highest BCUT2D eigenvalue weighted by atomic mass is 35.5. The van der Waals surface area contributed by atoms with Gasteiger partial charge in [-0.15, -0.1) is 24.8 Å². The molecule has 0 aromatic heterocycles. The third kappa shape index (κ3) is 7.02. The fourth-order valence-electron chi connectivity index (χ4n) is 3.14. The number of nitrogens with zero attached hydrogens (tertiary/aromatic N) is 1. The lowest BCUT2D eigenvalue weighted by molar-refractivity contribution is -0.127. The van der Waals surface area contributed by atoms with Crippen LogP contribution >= 0.6 is 24.8 Å². The van der Waals surface area contributed by atoms with Gasteiger partial charge in [0.05, 0.1) is 6.10 Å². The lowest BCUT2D eigenvalue weighted by Gasteiger charge is -2.32. The number of hydrogen-bond donors (Lipinski definition) is 2. The van der Waals surface area contributed by atoms with E-state index < -0.39 is 0 Å². The number of carbonyl (C=O) groups is 1. The second-order valence-electron chi connectivity index (χ2n) is 6.55. The molecule has 0 aliphatic heterocycles. The SMILES string of the molecule is CO[C@@H]1CC[C@H](C(=O)NCCc2ccc(N(C)C)cc2)C[C@H]1N.Cl.Cl. The lowest BCUT2D eigenvalue weighted by Crippen LogP contribution is -2.45. The fraction of sp³-hybridized carbons (Fsp3) is 0.611. The number of amides is 1. The highest BCUT2D eigenvalue weighted by Crippen LogP contribution is 2.25. The van der Waals surface area contributed by atoms with Gasteiger partial charge in [-0.1, -0.05) is 12.1 Å². The van der Waals surface area contributed by atoms with E-state index in [0.717, 1.165) is 19.3 Å². The van der Waals surface area contributed by atoms with Gasteiger partial charge in [0.2, 0.25) is 5.91 Å². The summed E-state index contributed by atoms with van der Waals surface area (Å²) in [5.41, 5.74) is 8.48. The highest BCUT2D eigenvalue weighted by Gasteiger charge is 2.31. The minimum Gasteiger partial charge on any atom is -0.380 e. The van der Waals surface area contributed by atoms with Crippen molar-refractivity contribution in [3.8, 4) is 0 Å². The maximum Gasteiger partial charge on any atom is 0.223 e. The van der Waals surface area contributed by atoms with Crippen LogP contribution in [0.4, 0.5) is 5.69 Å². The molecular formula is C18H31Cl2N3O2. The molecule has 1 aromatic carbocycles. The Bertz CT molecular complexity index is 512. The van der Waals surface area contributed by atoms with E-state index in [1.807, 2.05) is 14.1 Å². The monoisotopic (exact) mass is 391 g/mol. The molecule has 0 radical (unpaired) electrons. The van der Waals surface area contributed by atoms with E-state index in [1.54, 1.807) is 7.11 Å². The molecule has 1 aliphatic rings. The van der Waals surface area contributed by atoms with Crippen LogP contribution in [0.1, 0.15) is 24.8 Å². The number of methoxy groups -OCH3 is 1. The van der Waals surface area contributed by atoms with E-state index in [0.29, 0.717) is 13.0 Å². The van der Waals surface area contributed by atoms with Crippen LogP contribution in [0.25, 0.3) is 0 Å². The number of ether oxygens (including phenoxy) is 1. The molecule has 1 aliphatic carbocycles. The van der Waals surface area contributed by atoms with Gasteiger partial charge in [-0.3, -0.25) is 4.79 Å². The summed E-state index contributed by atoms with van der Waals surface area (Å²) in [5.74, 6) is 0.146. The molecule has 0 heterocycles. The zero-order valence-corrected chi connectivity index (χ0v) is 16.9. The molecule has 2 rings (SSSR count). The van der Waals surface area contributed by atoms with Crippen LogP contribution in [0.3, 0.4) is 0 Å². The highest BCUT2D eigenvalue weighted by molar-refractivity contribution is 5.85. The molecule has 0 bridgehead atoms. The molecule has 0 saturated heterocycles. The maximum atomic E-state index is 12.3. The molecular weight excluding hydrogens is 361 g/mol. The van der Waals surface area contributed by atoms with Gasteiger partial charge in [-0.05, 0) is 43.4 Å². The number of halogens is 2. The number of hydrogen-bond acceptors (Lipinski definition) is 4. The molecule has 25 heavy (non-hydrogen) atoms. The van der Waals surface area contributed by atoms with E-state index in [-0.39, 0.29) is 48.8 Å². The van der Waals surface area contributed by atoms with Crippen molar-refractivity contribution in [2.75, 3.05) is 32.6 Å². The van der Waals surface area contributed by atoms with Crippen molar-refractivity contribution in [1.82, 2.24) is 5.32 Å². The molecule has 5 nitrogen and oxygen atoms in total. The summed E-state index contributed by atoms with van der Waals surface area (Å²) in [6, 6.07) is 8.38. The Balaban J connectivity index is 0.00000288. The largest absolute Gasteiger partial charge is 0.380 e. The van der Waals surface area contributed by atoms with E-state index in [4.69, 9.17) is 10.5 Å². The third-order valence-electron chi connectivity index (χ3n) is 4.67. The van der Waals surface area contributed by atoms with Crippen LogP contribution in [-0.2, 0) is 16.0 Å². The average molecular weight is 392 g/mol. The van der Waals surface area contributed by atoms with Crippen molar-refractivity contribution in [3.63, 3.8) is 0 Å². The summed E-state index contributed by atoms with van der Waals surface area (Å²) < 4.78 is 5.34. The van der Waals surface area contributed by atoms with Crippen molar-refractivity contribution >= 4 is 36.4 Å². The van der Waals surface area contributed by atoms with E-state index in [9.17, 15) is 4.79 Å². The van der Waals surface area contributed by atoms with Crippen LogP contribution < -0.4 is 16.0 Å². The third-order valence-corrected chi connectivity index (χ3v) is 4.67. The van der Waals surface area contributed by atoms with Gasteiger partial charge in [0.25, 0.3) is 0 Å². The van der Waals surface area contributed by atoms with Gasteiger partial charge in [-0.25, -0.2) is 0 Å². The standard InChI is InChI=1S/C18H29N3O2.2ClH/c1-21(2)15-7-4-13(5-8-15)10-11-20-18(22)14-6-9-17(23-3)16(19)12-14;;/h4-5,7-8,14,16-17H,6,9-12,19H2,1-3H3,(H,20,22);2*1H/t14-,16+,17+;;/m0../s1. The Morgan fingerprint density at radius 1 is 1.24 bits per heavy atom. The van der Waals surface area contributed by atoms with Crippen molar-refractivity contribution in [3.05, 3.63) is 29.8 Å². The minimum absolute atomic E-state index is 0. The molecule has 3 atom stereocenters. The zero-order valence-electron chi connectivity index (χ0n) is 15.2. The second-order valence-corrected chi connectivity index (χ2v) is 6.55. The molecule has 3 N–H and O–H groups in total. The zero-order chi connectivity index (χ0) is 16.8. The van der Waals surface area contributed by atoms with E-state index in [1.165, 1.54) is 11.3 Å². The van der Waals surface area contributed by atoms with Gasteiger partial charge in [0.1, 0.15) is 0 Å². The molecule has 1 fully saturated rings. The number of carbonyl (C=O) groups excluding carboxylic acids is 1. The normalized spacial score (nSPS) is 22.3. The predicted molar refractivity (Wildman–Crippen MR) is 108 cm³/mol. The molecule has 0 unspecified atom stereocenters. The topological polar surface area (TPSA) is 67.6 Å². The summed E-state index contributed by atoms with van der Waals surface area (Å²) in [7, 11) is 5.74. The van der Waals surface area contributed by atoms with Gasteiger partial charge < -0.3 is 20.7 Å². The van der Waals surface area contributed by atoms with Crippen LogP contribution in [0.2, 0.25) is 0 Å². The quantitative estimate of drug-likeness (QED) is 0.780. The molecule has 1 aromatic rings. The van der Waals surface area contributed by atoms with Gasteiger partial charge in [0.15, 0.2) is 0 Å². The van der Waals surface area contributed by atoms with Gasteiger partial charge in [-0.2, -0.15) is 0 Å². The van der Waals surface area contributed by atoms with Gasteiger partial charge in [0, 0.05) is 45.4 Å². The van der Waals surface area contributed by atoms with E-state index in [2.05, 4.69) is 34.5 Å². The Kier molecular flexibility index (Phi) is 11.1. The molecule has 1 amide bonds. The maximum absolute atomic E-state index is 12.3. The van der Waals surface area contributed by atoms with Crippen LogP contribution in [0, 0.1) is 5.92 Å². The van der Waals surface area contributed by atoms with Crippen LogP contribution in [0.15, 0.2) is 24.3 Å². The van der Waals surface area contributed by atoms with Crippen LogP contribution in [-0.4, -0.2) is 45.8 Å². The smallest absolute Gasteiger partial charge is 0.223 e. The number of benzene rings is 1. The van der Waals surface area contributed by atoms with Crippen molar-refractivity contribution < 1.29 is 9.53 Å².